The van der Waals surface area contributed by atoms with Crippen LogP contribution in [0.4, 0.5) is 0 Å². The van der Waals surface area contributed by atoms with Gasteiger partial charge in [0.2, 0.25) is 0 Å². The minimum absolute atomic E-state index is 0.383. The Morgan fingerprint density at radius 2 is 1.79 bits per heavy atom. The maximum Gasteiger partial charge on any atom is 0.271 e. The van der Waals surface area contributed by atoms with Crippen LogP contribution in [0, 0.1) is 0 Å². The Balaban J connectivity index is 2.11. The molecule has 1 amide bonds. The van der Waals surface area contributed by atoms with Crippen molar-refractivity contribution in [1.29, 1.82) is 0 Å². The largest absolute Gasteiger partial charge is 0.493 e. The lowest BCUT2D eigenvalue weighted by Crippen LogP contribution is -2.17. The highest BCUT2D eigenvalue weighted by atomic mass is 35.5. The first-order valence-electron chi connectivity index (χ1n) is 8.59. The van der Waals surface area contributed by atoms with Crippen molar-refractivity contribution in [3.05, 3.63) is 46.5 Å². The molecule has 7 nitrogen and oxygen atoms in total. The van der Waals surface area contributed by atoms with Gasteiger partial charge in [0.1, 0.15) is 0 Å². The lowest BCUT2D eigenvalue weighted by atomic mass is 10.2. The number of halogens is 1. The summed E-state index contributed by atoms with van der Waals surface area (Å²) in [5.41, 5.74) is 3.50. The molecule has 28 heavy (non-hydrogen) atoms. The molecule has 0 radical (unpaired) electrons. The standard InChI is InChI=1S/C20H23ClN2O5/c1-5-8-28-19-15(21)9-13(10-18(19)27-4)12-22-23-20(24)14-6-7-16(25-2)17(11-14)26-3/h6-7,9-12H,5,8H2,1-4H3,(H,23,24)/b22-12-. The molecule has 0 aliphatic rings. The number of ether oxygens (including phenoxy) is 4. The summed E-state index contributed by atoms with van der Waals surface area (Å²) in [7, 11) is 4.56. The number of hydrogen-bond acceptors (Lipinski definition) is 6. The van der Waals surface area contributed by atoms with Gasteiger partial charge in [0, 0.05) is 5.56 Å². The molecule has 8 heteroatoms. The van der Waals surface area contributed by atoms with E-state index >= 15 is 0 Å². The third-order valence-electron chi connectivity index (χ3n) is 3.73. The predicted molar refractivity (Wildman–Crippen MR) is 108 cm³/mol. The van der Waals surface area contributed by atoms with Crippen LogP contribution in [0.3, 0.4) is 0 Å². The summed E-state index contributed by atoms with van der Waals surface area (Å²) < 4.78 is 21.3. The second-order valence-electron chi connectivity index (χ2n) is 5.65. The number of rotatable bonds is 9. The van der Waals surface area contributed by atoms with Gasteiger partial charge in [-0.3, -0.25) is 4.79 Å². The van der Waals surface area contributed by atoms with Crippen LogP contribution in [0.15, 0.2) is 35.4 Å². The Hall–Kier alpha value is -2.93. The van der Waals surface area contributed by atoms with E-state index in [0.29, 0.717) is 45.8 Å². The molecule has 0 spiro atoms. The molecule has 2 aromatic carbocycles. The number of hydrogen-bond donors (Lipinski definition) is 1. The maximum absolute atomic E-state index is 12.3. The van der Waals surface area contributed by atoms with Crippen molar-refractivity contribution in [3.8, 4) is 23.0 Å². The topological polar surface area (TPSA) is 78.4 Å². The Kier molecular flexibility index (Phi) is 7.95. The molecule has 0 aliphatic carbocycles. The van der Waals surface area contributed by atoms with Crippen LogP contribution in [0.2, 0.25) is 5.02 Å². The van der Waals surface area contributed by atoms with Gasteiger partial charge in [-0.15, -0.1) is 0 Å². The molecule has 0 aromatic heterocycles. The molecule has 0 heterocycles. The molecule has 0 aliphatic heterocycles. The Morgan fingerprint density at radius 1 is 1.07 bits per heavy atom. The number of methoxy groups -OCH3 is 3. The molecule has 2 rings (SSSR count). The lowest BCUT2D eigenvalue weighted by molar-refractivity contribution is 0.0954. The number of amides is 1. The number of nitrogens with zero attached hydrogens (tertiary/aromatic N) is 1. The van der Waals surface area contributed by atoms with E-state index < -0.39 is 5.91 Å². The van der Waals surface area contributed by atoms with Crippen molar-refractivity contribution in [2.45, 2.75) is 13.3 Å². The van der Waals surface area contributed by atoms with E-state index in [1.165, 1.54) is 27.5 Å². The summed E-state index contributed by atoms with van der Waals surface area (Å²) in [6.45, 7) is 2.54. The first-order chi connectivity index (χ1) is 13.5. The fraction of sp³-hybridized carbons (Fsp3) is 0.300. The van der Waals surface area contributed by atoms with E-state index in [1.54, 1.807) is 30.3 Å². The second kappa shape index (κ2) is 10.4. The zero-order valence-electron chi connectivity index (χ0n) is 16.2. The summed E-state index contributed by atoms with van der Waals surface area (Å²) in [6.07, 6.45) is 2.32. The van der Waals surface area contributed by atoms with Crippen LogP contribution < -0.4 is 24.4 Å². The van der Waals surface area contributed by atoms with E-state index in [9.17, 15) is 4.79 Å². The summed E-state index contributed by atoms with van der Waals surface area (Å²) in [5, 5.41) is 4.38. The molecule has 0 unspecified atom stereocenters. The summed E-state index contributed by atoms with van der Waals surface area (Å²) in [4.78, 5) is 12.3. The van der Waals surface area contributed by atoms with Crippen molar-refractivity contribution in [2.24, 2.45) is 5.10 Å². The summed E-state index contributed by atoms with van der Waals surface area (Å²) in [5.74, 6) is 1.58. The fourth-order valence-corrected chi connectivity index (χ4v) is 2.64. The minimum atomic E-state index is -0.391. The van der Waals surface area contributed by atoms with Gasteiger partial charge in [-0.05, 0) is 42.3 Å². The van der Waals surface area contributed by atoms with E-state index in [1.807, 2.05) is 6.92 Å². The molecule has 0 atom stereocenters. The van der Waals surface area contributed by atoms with Crippen molar-refractivity contribution in [3.63, 3.8) is 0 Å². The van der Waals surface area contributed by atoms with Crippen LogP contribution in [-0.4, -0.2) is 40.1 Å². The molecule has 0 fully saturated rings. The maximum atomic E-state index is 12.3. The Bertz CT molecular complexity index is 855. The van der Waals surface area contributed by atoms with Crippen LogP contribution in [0.25, 0.3) is 0 Å². The first kappa shape index (κ1) is 21.4. The average molecular weight is 407 g/mol. The van der Waals surface area contributed by atoms with E-state index in [-0.39, 0.29) is 0 Å². The molecule has 0 bridgehead atoms. The zero-order chi connectivity index (χ0) is 20.5. The quantitative estimate of drug-likeness (QED) is 0.504. The second-order valence-corrected chi connectivity index (χ2v) is 6.06. The van der Waals surface area contributed by atoms with Crippen LogP contribution in [0.1, 0.15) is 29.3 Å². The van der Waals surface area contributed by atoms with Crippen molar-refractivity contribution in [1.82, 2.24) is 5.43 Å². The molecule has 0 saturated heterocycles. The van der Waals surface area contributed by atoms with Crippen LogP contribution in [-0.2, 0) is 0 Å². The fourth-order valence-electron chi connectivity index (χ4n) is 2.37. The molecule has 2 aromatic rings. The highest BCUT2D eigenvalue weighted by molar-refractivity contribution is 6.32. The normalized spacial score (nSPS) is 10.6. The third-order valence-corrected chi connectivity index (χ3v) is 4.01. The lowest BCUT2D eigenvalue weighted by Gasteiger charge is -2.12. The molecule has 150 valence electrons. The third kappa shape index (κ3) is 5.29. The molecule has 1 N–H and O–H groups in total. The predicted octanol–water partition coefficient (Wildman–Crippen LogP) is 3.92. The van der Waals surface area contributed by atoms with Gasteiger partial charge in [-0.1, -0.05) is 18.5 Å². The van der Waals surface area contributed by atoms with Gasteiger partial charge in [0.05, 0.1) is 39.2 Å². The van der Waals surface area contributed by atoms with E-state index in [4.69, 9.17) is 30.5 Å². The first-order valence-corrected chi connectivity index (χ1v) is 8.97. The van der Waals surface area contributed by atoms with Gasteiger partial charge in [0.15, 0.2) is 23.0 Å². The minimum Gasteiger partial charge on any atom is -0.493 e. The molecule has 0 saturated carbocycles. The van der Waals surface area contributed by atoms with Gasteiger partial charge in [-0.2, -0.15) is 5.10 Å². The van der Waals surface area contributed by atoms with Gasteiger partial charge in [-0.25, -0.2) is 5.43 Å². The average Bonchev–Trinajstić information content (AvgIpc) is 2.71. The van der Waals surface area contributed by atoms with Gasteiger partial charge in [0.25, 0.3) is 5.91 Å². The number of carbonyl (C=O) groups excluding carboxylic acids is 1. The summed E-state index contributed by atoms with van der Waals surface area (Å²) in [6, 6.07) is 8.25. The molecular weight excluding hydrogens is 384 g/mol. The van der Waals surface area contributed by atoms with Crippen molar-refractivity contribution >= 4 is 23.7 Å². The highest BCUT2D eigenvalue weighted by Crippen LogP contribution is 2.36. The van der Waals surface area contributed by atoms with Crippen LogP contribution in [0.5, 0.6) is 23.0 Å². The SMILES string of the molecule is CCCOc1c(Cl)cc(/C=N\NC(=O)c2ccc(OC)c(OC)c2)cc1OC. The highest BCUT2D eigenvalue weighted by Gasteiger charge is 2.12. The Labute approximate surface area is 169 Å². The summed E-state index contributed by atoms with van der Waals surface area (Å²) >= 11 is 6.27. The van der Waals surface area contributed by atoms with Gasteiger partial charge >= 0.3 is 0 Å². The number of nitrogens with one attached hydrogen (secondary N) is 1. The molecular formula is C20H23ClN2O5. The van der Waals surface area contributed by atoms with Gasteiger partial charge < -0.3 is 18.9 Å². The van der Waals surface area contributed by atoms with E-state index in [0.717, 1.165) is 6.42 Å². The Morgan fingerprint density at radius 3 is 2.43 bits per heavy atom. The number of benzene rings is 2. The zero-order valence-corrected chi connectivity index (χ0v) is 17.0. The number of hydrazone groups is 1. The number of carbonyl (C=O) groups is 1. The van der Waals surface area contributed by atoms with E-state index in [2.05, 4.69) is 10.5 Å². The van der Waals surface area contributed by atoms with Crippen molar-refractivity contribution < 1.29 is 23.7 Å². The van der Waals surface area contributed by atoms with Crippen LogP contribution >= 0.6 is 11.6 Å². The monoisotopic (exact) mass is 406 g/mol. The van der Waals surface area contributed by atoms with Crippen molar-refractivity contribution in [2.75, 3.05) is 27.9 Å². The smallest absolute Gasteiger partial charge is 0.271 e.